The van der Waals surface area contributed by atoms with Gasteiger partial charge >= 0.3 is 23.9 Å². The Morgan fingerprint density at radius 1 is 0.506 bits per heavy atom. The summed E-state index contributed by atoms with van der Waals surface area (Å²) in [6, 6.07) is 17.1. The minimum Gasteiger partial charge on any atom is -0.502 e. The van der Waals surface area contributed by atoms with Crippen LogP contribution in [0.3, 0.4) is 0 Å². The van der Waals surface area contributed by atoms with Crippen molar-refractivity contribution in [3.63, 3.8) is 0 Å². The lowest BCUT2D eigenvalue weighted by atomic mass is 10.1. The Morgan fingerprint density at radius 2 is 0.941 bits per heavy atom. The molecule has 0 bridgehead atoms. The fourth-order valence-corrected chi connectivity index (χ4v) is 12.9. The molecule has 0 saturated carbocycles. The van der Waals surface area contributed by atoms with Gasteiger partial charge in [-0.3, -0.25) is 33.6 Å². The Kier molecular flexibility index (Phi) is 24.7. The van der Waals surface area contributed by atoms with Crippen LogP contribution < -0.4 is 23.7 Å². The molecule has 0 aliphatic carbocycles. The van der Waals surface area contributed by atoms with Crippen LogP contribution in [-0.2, 0) is 41.5 Å². The van der Waals surface area contributed by atoms with E-state index in [0.717, 1.165) is 77.9 Å². The number of aliphatic carboxylic acids is 2. The van der Waals surface area contributed by atoms with Crippen molar-refractivity contribution in [2.45, 2.75) is 78.1 Å². The average Bonchev–Trinajstić information content (AvgIpc) is 3.45. The largest absolute Gasteiger partial charge is 0.502 e. The third-order valence-corrected chi connectivity index (χ3v) is 17.6. The summed E-state index contributed by atoms with van der Waals surface area (Å²) >= 11 is 8.17. The molecular formula is C60H59BrF2O18S4. The number of rotatable bonds is 28. The summed E-state index contributed by atoms with van der Waals surface area (Å²) in [7, 11) is 5.89. The molecule has 0 radical (unpaired) electrons. The van der Waals surface area contributed by atoms with Crippen LogP contribution in [0.15, 0.2) is 60.7 Å². The third kappa shape index (κ3) is 17.3. The summed E-state index contributed by atoms with van der Waals surface area (Å²) in [6.07, 6.45) is 2.52. The highest BCUT2D eigenvalue weighted by Gasteiger charge is 2.25. The maximum absolute atomic E-state index is 15.4. The summed E-state index contributed by atoms with van der Waals surface area (Å²) < 4.78 is 68.5. The van der Waals surface area contributed by atoms with Crippen LogP contribution in [-0.4, -0.2) is 116 Å². The van der Waals surface area contributed by atoms with E-state index in [1.807, 2.05) is 24.3 Å². The summed E-state index contributed by atoms with van der Waals surface area (Å²) in [6.45, 7) is 3.91. The van der Waals surface area contributed by atoms with Crippen molar-refractivity contribution in [3.8, 4) is 34.5 Å². The van der Waals surface area contributed by atoms with Gasteiger partial charge in [-0.1, -0.05) is 15.9 Å². The Balaban J connectivity index is 0.000000223. The van der Waals surface area contributed by atoms with Gasteiger partial charge in [-0.15, -0.1) is 45.3 Å². The van der Waals surface area contributed by atoms with Crippen LogP contribution in [0.1, 0.15) is 115 Å². The molecule has 0 fully saturated rings. The number of methoxy groups -OCH3 is 4. The molecule has 0 aliphatic heterocycles. The van der Waals surface area contributed by atoms with Crippen molar-refractivity contribution in [2.75, 3.05) is 53.6 Å². The first-order chi connectivity index (χ1) is 40.7. The number of aryl methyl sites for hydroxylation is 2. The van der Waals surface area contributed by atoms with Crippen molar-refractivity contribution >= 4 is 149 Å². The highest BCUT2D eigenvalue weighted by Crippen LogP contribution is 2.42. The van der Waals surface area contributed by atoms with E-state index in [4.69, 9.17) is 38.6 Å². The molecule has 0 spiro atoms. The lowest BCUT2D eigenvalue weighted by molar-refractivity contribution is -0.143. The third-order valence-electron chi connectivity index (χ3n) is 12.6. The fourth-order valence-electron chi connectivity index (χ4n) is 8.42. The number of esters is 2. The Bertz CT molecular complexity index is 3780. The average molecular weight is 1310 g/mol. The smallest absolute Gasteiger partial charge is 0.380 e. The maximum Gasteiger partial charge on any atom is 0.380 e. The number of hydrogen-bond donors (Lipinski definition) is 3. The lowest BCUT2D eigenvalue weighted by Gasteiger charge is -2.13. The fraction of sp³-hybridized carbons (Fsp3) is 0.333. The predicted octanol–water partition coefficient (Wildman–Crippen LogP) is 13.6. The number of aromatic hydroxyl groups is 1. The highest BCUT2D eigenvalue weighted by atomic mass is 79.9. The SMILES string of the molecule is CCOC(=O)C(=O)c1cc2c(F)c(O)c(OC)cc2s1.CCOC(=O)CCC(=O)c1cc2cc(CCCBr)c(OC)cc2s1.COc1cc2sc(C(=O)CCC(=O)O)cc2cc1CCCOc1c(OC)cc2sc(C(=O)CCC(=O)O)cc2c1F. The number of phenols is 1. The second kappa shape index (κ2) is 31.5. The minimum absolute atomic E-state index is 0.0229. The number of fused-ring (bicyclic) bond motifs is 4. The Morgan fingerprint density at radius 3 is 1.44 bits per heavy atom. The van der Waals surface area contributed by atoms with E-state index in [2.05, 4.69) is 26.7 Å². The topological polar surface area (TPSA) is 262 Å². The lowest BCUT2D eigenvalue weighted by Crippen LogP contribution is -2.16. The molecule has 18 nitrogen and oxygen atoms in total. The van der Waals surface area contributed by atoms with Crippen LogP contribution in [0.5, 0.6) is 34.5 Å². The molecule has 0 atom stereocenters. The van der Waals surface area contributed by atoms with Crippen LogP contribution in [0.2, 0.25) is 0 Å². The number of ether oxygens (including phenoxy) is 7. The minimum atomic E-state index is -1.08. The van der Waals surface area contributed by atoms with Gasteiger partial charge in [0.2, 0.25) is 0 Å². The van der Waals surface area contributed by atoms with Gasteiger partial charge in [0, 0.05) is 66.3 Å². The number of ketones is 4. The number of phenolic OH excluding ortho intramolecular Hbond substituents is 1. The molecule has 4 aromatic heterocycles. The van der Waals surface area contributed by atoms with Crippen molar-refractivity contribution < 1.29 is 95.6 Å². The van der Waals surface area contributed by atoms with Crippen LogP contribution in [0, 0.1) is 11.6 Å². The van der Waals surface area contributed by atoms with Crippen molar-refractivity contribution in [1.29, 1.82) is 0 Å². The predicted molar refractivity (Wildman–Crippen MR) is 325 cm³/mol. The van der Waals surface area contributed by atoms with E-state index in [1.165, 1.54) is 55.1 Å². The zero-order chi connectivity index (χ0) is 62.1. The van der Waals surface area contributed by atoms with Crippen molar-refractivity contribution in [1.82, 2.24) is 0 Å². The molecule has 25 heteroatoms. The van der Waals surface area contributed by atoms with Gasteiger partial charge in [-0.05, 0) is 110 Å². The van der Waals surface area contributed by atoms with Gasteiger partial charge in [0.05, 0.1) is 87.0 Å². The van der Waals surface area contributed by atoms with Crippen LogP contribution in [0.25, 0.3) is 40.3 Å². The second-order valence-electron chi connectivity index (χ2n) is 18.3. The molecule has 4 aromatic carbocycles. The number of carboxylic acid groups (broad SMARTS) is 2. The zero-order valence-electron chi connectivity index (χ0n) is 46.9. The van der Waals surface area contributed by atoms with Gasteiger partial charge in [0.1, 0.15) is 11.5 Å². The molecule has 4 heterocycles. The number of benzene rings is 4. The van der Waals surface area contributed by atoms with Gasteiger partial charge in [-0.2, -0.15) is 0 Å². The second-order valence-corrected chi connectivity index (χ2v) is 23.4. The van der Waals surface area contributed by atoms with E-state index in [0.29, 0.717) is 44.4 Å². The summed E-state index contributed by atoms with van der Waals surface area (Å²) in [5.74, 6) is -5.51. The number of carboxylic acids is 2. The monoisotopic (exact) mass is 1310 g/mol. The van der Waals surface area contributed by atoms with Crippen LogP contribution in [0.4, 0.5) is 8.78 Å². The number of carbonyl (C=O) groups is 8. The van der Waals surface area contributed by atoms with Crippen LogP contribution >= 0.6 is 61.3 Å². The van der Waals surface area contributed by atoms with Gasteiger partial charge in [0.25, 0.3) is 5.78 Å². The summed E-state index contributed by atoms with van der Waals surface area (Å²) in [4.78, 5) is 94.6. The summed E-state index contributed by atoms with van der Waals surface area (Å²) in [5.41, 5.74) is 2.02. The first-order valence-electron chi connectivity index (χ1n) is 26.3. The van der Waals surface area contributed by atoms with E-state index in [-0.39, 0.29) is 113 Å². The highest BCUT2D eigenvalue weighted by molar-refractivity contribution is 9.09. The first kappa shape index (κ1) is 66.6. The standard InChI is InChI=1S/C29H27FO9S2.C18H21BrO4S.C13H11FO5S/c1-37-20-13-22-16(11-24(40-22)18(31)5-7-26(33)34)10-15(20)4-3-9-39-29-21(38-2)14-23-17(28(29)30)12-25(41-23)19(32)6-8-27(35)36;1-3-23-18(21)7-6-14(20)17-10-13-9-12(5-4-8-19)15(22-2)11-16(13)24-17;1-3-19-13(17)12(16)9-4-6-8(20-9)5-7(18-2)11(15)10(6)14/h10-14H,3-9H2,1-2H3,(H,33,34)(H,35,36);9-11H,3-8H2,1-2H3;4-5,15H,3H2,1-2H3. The molecule has 0 unspecified atom stereocenters. The molecule has 0 saturated heterocycles. The van der Waals surface area contributed by atoms with E-state index in [9.17, 15) is 47.9 Å². The molecule has 3 N–H and O–H groups in total. The molecule has 0 amide bonds. The summed E-state index contributed by atoms with van der Waals surface area (Å²) in [5, 5.41) is 30.3. The van der Waals surface area contributed by atoms with Gasteiger partial charge in [-0.25, -0.2) is 13.6 Å². The molecular weight excluding hydrogens is 1250 g/mol. The Hall–Kier alpha value is -7.58. The number of alkyl halides is 1. The first-order valence-corrected chi connectivity index (χ1v) is 30.7. The molecule has 452 valence electrons. The molecule has 8 aromatic rings. The molecule has 0 aliphatic rings. The van der Waals surface area contributed by atoms with Gasteiger partial charge in [0.15, 0.2) is 52.0 Å². The van der Waals surface area contributed by atoms with E-state index in [1.54, 1.807) is 40.2 Å². The quantitative estimate of drug-likeness (QED) is 0.0135. The normalized spacial score (nSPS) is 10.9. The maximum atomic E-state index is 15.4. The molecule has 85 heavy (non-hydrogen) atoms. The van der Waals surface area contributed by atoms with E-state index >= 15 is 4.39 Å². The van der Waals surface area contributed by atoms with Crippen molar-refractivity contribution in [2.24, 2.45) is 0 Å². The molecule has 8 rings (SSSR count). The van der Waals surface area contributed by atoms with E-state index < -0.39 is 41.1 Å². The van der Waals surface area contributed by atoms with Crippen molar-refractivity contribution in [3.05, 3.63) is 103 Å². The zero-order valence-corrected chi connectivity index (χ0v) is 51.8. The number of thiophene rings is 4. The number of Topliss-reactive ketones (excluding diaryl/α,β-unsaturated/α-hetero) is 4. The van der Waals surface area contributed by atoms with Gasteiger partial charge < -0.3 is 48.5 Å². The Labute approximate surface area is 510 Å². The number of carbonyl (C=O) groups excluding carboxylic acids is 6. The number of halogens is 3. The number of hydrogen-bond acceptors (Lipinski definition) is 20.